The van der Waals surface area contributed by atoms with E-state index in [0.29, 0.717) is 22.5 Å². The Hall–Kier alpha value is -4.00. The van der Waals surface area contributed by atoms with Gasteiger partial charge in [0.25, 0.3) is 11.6 Å². The van der Waals surface area contributed by atoms with E-state index in [2.05, 4.69) is 5.32 Å². The van der Waals surface area contributed by atoms with Gasteiger partial charge in [-0.3, -0.25) is 19.7 Å². The van der Waals surface area contributed by atoms with Gasteiger partial charge in [-0.05, 0) is 18.2 Å². The normalized spacial score (nSPS) is 10.3. The Bertz CT molecular complexity index is 1080. The summed E-state index contributed by atoms with van der Waals surface area (Å²) in [7, 11) is 3.49. The molecule has 1 N–H and O–H groups in total. The summed E-state index contributed by atoms with van der Waals surface area (Å²) in [6.07, 6.45) is 0. The molecule has 3 aromatic carbocycles. The first-order valence-electron chi connectivity index (χ1n) is 8.84. The van der Waals surface area contributed by atoms with Crippen LogP contribution in [-0.4, -0.2) is 30.7 Å². The molecule has 29 heavy (non-hydrogen) atoms. The van der Waals surface area contributed by atoms with Crippen LogP contribution in [0, 0.1) is 10.1 Å². The Morgan fingerprint density at radius 3 is 2.24 bits per heavy atom. The van der Waals surface area contributed by atoms with Crippen molar-refractivity contribution in [3.8, 4) is 0 Å². The number of hydrogen-bond donors (Lipinski definition) is 1. The fraction of sp³-hybridized carbons (Fsp3) is 0.0909. The summed E-state index contributed by atoms with van der Waals surface area (Å²) in [4.78, 5) is 37.7. The lowest BCUT2D eigenvalue weighted by molar-refractivity contribution is -0.384. The molecule has 1 amide bonds. The largest absolute Gasteiger partial charge is 0.377 e. The van der Waals surface area contributed by atoms with Crippen molar-refractivity contribution in [2.75, 3.05) is 24.3 Å². The van der Waals surface area contributed by atoms with Crippen LogP contribution in [0.15, 0.2) is 72.8 Å². The predicted octanol–water partition coefficient (Wildman–Crippen LogP) is 4.14. The summed E-state index contributed by atoms with van der Waals surface area (Å²) in [6.45, 7) is 0. The van der Waals surface area contributed by atoms with Crippen molar-refractivity contribution >= 4 is 28.8 Å². The topological polar surface area (TPSA) is 92.5 Å². The van der Waals surface area contributed by atoms with Crippen LogP contribution >= 0.6 is 0 Å². The molecule has 0 bridgehead atoms. The van der Waals surface area contributed by atoms with Crippen LogP contribution in [-0.2, 0) is 0 Å². The van der Waals surface area contributed by atoms with Crippen molar-refractivity contribution in [2.24, 2.45) is 0 Å². The molecular weight excluding hydrogens is 370 g/mol. The summed E-state index contributed by atoms with van der Waals surface area (Å²) in [6, 6.07) is 19.5. The second kappa shape index (κ2) is 8.35. The molecule has 0 aliphatic heterocycles. The lowest BCUT2D eigenvalue weighted by atomic mass is 10.0. The molecular formula is C22H19N3O4. The Kier molecular flexibility index (Phi) is 5.69. The third kappa shape index (κ3) is 4.47. The van der Waals surface area contributed by atoms with Crippen molar-refractivity contribution < 1.29 is 14.5 Å². The SMILES string of the molecule is CN(C)c1ccc([N+](=O)[O-])cc1C(=O)Nc1cccc(C(=O)c2ccccc2)c1. The van der Waals surface area contributed by atoms with E-state index in [1.54, 1.807) is 67.5 Å². The number of rotatable bonds is 6. The summed E-state index contributed by atoms with van der Waals surface area (Å²) in [5.41, 5.74) is 1.95. The zero-order valence-electron chi connectivity index (χ0n) is 16.0. The number of nitrogens with one attached hydrogen (secondary N) is 1. The number of non-ortho nitro benzene ring substituents is 1. The second-order valence-electron chi connectivity index (χ2n) is 6.58. The zero-order valence-corrected chi connectivity index (χ0v) is 16.0. The zero-order chi connectivity index (χ0) is 21.0. The molecule has 0 saturated carbocycles. The molecule has 0 fully saturated rings. The highest BCUT2D eigenvalue weighted by molar-refractivity contribution is 6.11. The van der Waals surface area contributed by atoms with Crippen molar-refractivity contribution in [3.63, 3.8) is 0 Å². The van der Waals surface area contributed by atoms with Gasteiger partial charge in [-0.25, -0.2) is 0 Å². The number of anilines is 2. The van der Waals surface area contributed by atoms with E-state index in [0.717, 1.165) is 0 Å². The number of benzene rings is 3. The standard InChI is InChI=1S/C22H19N3O4/c1-24(2)20-12-11-18(25(28)29)14-19(20)22(27)23-17-10-6-9-16(13-17)21(26)15-7-4-3-5-8-15/h3-14H,1-2H3,(H,23,27). The minimum absolute atomic E-state index is 0.161. The highest BCUT2D eigenvalue weighted by Gasteiger charge is 2.18. The smallest absolute Gasteiger partial charge is 0.270 e. The van der Waals surface area contributed by atoms with Crippen molar-refractivity contribution in [1.82, 2.24) is 0 Å². The molecule has 0 aliphatic rings. The van der Waals surface area contributed by atoms with Crippen molar-refractivity contribution in [2.45, 2.75) is 0 Å². The highest BCUT2D eigenvalue weighted by Crippen LogP contribution is 2.25. The van der Waals surface area contributed by atoms with Crippen molar-refractivity contribution in [1.29, 1.82) is 0 Å². The number of amides is 1. The molecule has 0 unspecified atom stereocenters. The Morgan fingerprint density at radius 1 is 0.897 bits per heavy atom. The maximum absolute atomic E-state index is 12.8. The van der Waals surface area contributed by atoms with Crippen LogP contribution in [0.1, 0.15) is 26.3 Å². The fourth-order valence-electron chi connectivity index (χ4n) is 2.90. The van der Waals surface area contributed by atoms with E-state index in [1.165, 1.54) is 18.2 Å². The van der Waals surface area contributed by atoms with Gasteiger partial charge in [0.05, 0.1) is 10.5 Å². The van der Waals surface area contributed by atoms with Crippen LogP contribution in [0.2, 0.25) is 0 Å². The average molecular weight is 389 g/mol. The number of carbonyl (C=O) groups excluding carboxylic acids is 2. The van der Waals surface area contributed by atoms with E-state index < -0.39 is 10.8 Å². The van der Waals surface area contributed by atoms with Crippen LogP contribution in [0.3, 0.4) is 0 Å². The molecule has 0 saturated heterocycles. The third-order valence-corrected chi connectivity index (χ3v) is 4.34. The first-order valence-corrected chi connectivity index (χ1v) is 8.84. The Labute approximate surface area is 167 Å². The average Bonchev–Trinajstić information content (AvgIpc) is 2.73. The van der Waals surface area contributed by atoms with E-state index in [4.69, 9.17) is 0 Å². The molecule has 7 nitrogen and oxygen atoms in total. The minimum atomic E-state index is -0.546. The molecule has 146 valence electrons. The molecule has 0 radical (unpaired) electrons. The summed E-state index contributed by atoms with van der Waals surface area (Å²) in [5, 5.41) is 13.8. The lowest BCUT2D eigenvalue weighted by Crippen LogP contribution is -2.19. The summed E-state index contributed by atoms with van der Waals surface area (Å²) < 4.78 is 0. The van der Waals surface area contributed by atoms with Gasteiger partial charge in [0.2, 0.25) is 0 Å². The highest BCUT2D eigenvalue weighted by atomic mass is 16.6. The molecule has 3 aromatic rings. The molecule has 0 heterocycles. The number of ketones is 1. The van der Waals surface area contributed by atoms with Crippen molar-refractivity contribution in [3.05, 3.63) is 99.6 Å². The van der Waals surface area contributed by atoms with E-state index in [-0.39, 0.29) is 17.0 Å². The fourth-order valence-corrected chi connectivity index (χ4v) is 2.90. The number of nitro benzene ring substituents is 1. The van der Waals surface area contributed by atoms with E-state index >= 15 is 0 Å². The van der Waals surface area contributed by atoms with Gasteiger partial charge < -0.3 is 10.2 Å². The summed E-state index contributed by atoms with van der Waals surface area (Å²) >= 11 is 0. The van der Waals surface area contributed by atoms with Gasteiger partial charge in [-0.1, -0.05) is 42.5 Å². The third-order valence-electron chi connectivity index (χ3n) is 4.34. The summed E-state index contributed by atoms with van der Waals surface area (Å²) in [5.74, 6) is -0.660. The van der Waals surface area contributed by atoms with Gasteiger partial charge in [-0.15, -0.1) is 0 Å². The van der Waals surface area contributed by atoms with Gasteiger partial charge in [0.15, 0.2) is 5.78 Å². The van der Waals surface area contributed by atoms with Crippen LogP contribution < -0.4 is 10.2 Å². The van der Waals surface area contributed by atoms with Gasteiger partial charge in [-0.2, -0.15) is 0 Å². The molecule has 0 aliphatic carbocycles. The maximum Gasteiger partial charge on any atom is 0.270 e. The van der Waals surface area contributed by atoms with Gasteiger partial charge >= 0.3 is 0 Å². The van der Waals surface area contributed by atoms with Crippen LogP contribution in [0.25, 0.3) is 0 Å². The van der Waals surface area contributed by atoms with Gasteiger partial charge in [0, 0.05) is 48.7 Å². The first kappa shape index (κ1) is 19.8. The molecule has 0 spiro atoms. The minimum Gasteiger partial charge on any atom is -0.377 e. The predicted molar refractivity (Wildman–Crippen MR) is 112 cm³/mol. The second-order valence-corrected chi connectivity index (χ2v) is 6.58. The Balaban J connectivity index is 1.89. The molecule has 0 atom stereocenters. The molecule has 7 heteroatoms. The molecule has 0 aromatic heterocycles. The first-order chi connectivity index (χ1) is 13.9. The quantitative estimate of drug-likeness (QED) is 0.388. The molecule has 3 rings (SSSR count). The van der Waals surface area contributed by atoms with E-state index in [1.807, 2.05) is 6.07 Å². The number of hydrogen-bond acceptors (Lipinski definition) is 5. The number of nitro groups is 1. The lowest BCUT2D eigenvalue weighted by Gasteiger charge is -2.17. The maximum atomic E-state index is 12.8. The van der Waals surface area contributed by atoms with Crippen LogP contribution in [0.4, 0.5) is 17.1 Å². The van der Waals surface area contributed by atoms with Crippen LogP contribution in [0.5, 0.6) is 0 Å². The van der Waals surface area contributed by atoms with E-state index in [9.17, 15) is 19.7 Å². The monoisotopic (exact) mass is 389 g/mol. The van der Waals surface area contributed by atoms with Gasteiger partial charge in [0.1, 0.15) is 0 Å². The number of carbonyl (C=O) groups is 2. The number of nitrogens with zero attached hydrogens (tertiary/aromatic N) is 2. The Morgan fingerprint density at radius 2 is 1.59 bits per heavy atom.